The molecule has 0 aromatic carbocycles. The van der Waals surface area contributed by atoms with E-state index in [-0.39, 0.29) is 0 Å². The molecule has 0 heterocycles. The molecule has 5 N–H and O–H groups in total. The molecule has 9 nitrogen and oxygen atoms in total. The molecule has 0 aliphatic carbocycles. The number of primary amides is 1. The van der Waals surface area contributed by atoms with Gasteiger partial charge in [0.25, 0.3) is 0 Å². The lowest BCUT2D eigenvalue weighted by Crippen LogP contribution is -2.54. The molecule has 0 radical (unpaired) electrons. The molecule has 0 aromatic heterocycles. The number of carbonyl (C=O) groups is 4. The number of carbonyl (C=O) groups excluding carboxylic acids is 4. The maximum absolute atomic E-state index is 11.9. The van der Waals surface area contributed by atoms with Crippen LogP contribution >= 0.6 is 0 Å². The maximum atomic E-state index is 11.9. The van der Waals surface area contributed by atoms with E-state index in [0.717, 1.165) is 0 Å². The number of amides is 4. The van der Waals surface area contributed by atoms with Crippen LogP contribution in [-0.4, -0.2) is 47.5 Å². The first-order chi connectivity index (χ1) is 10.3. The predicted molar refractivity (Wildman–Crippen MR) is 83.2 cm³/mol. The Hall–Kier alpha value is -2.32. The van der Waals surface area contributed by atoms with Crippen LogP contribution in [0.3, 0.4) is 0 Å². The van der Waals surface area contributed by atoms with Crippen LogP contribution in [0.2, 0.25) is 0 Å². The van der Waals surface area contributed by atoms with Crippen molar-refractivity contribution in [2.24, 2.45) is 5.73 Å². The highest BCUT2D eigenvalue weighted by Crippen LogP contribution is 2.06. The molecular formula is C14H26N4O5. The van der Waals surface area contributed by atoms with Crippen LogP contribution in [0.25, 0.3) is 0 Å². The van der Waals surface area contributed by atoms with Gasteiger partial charge in [-0.1, -0.05) is 0 Å². The van der Waals surface area contributed by atoms with Crippen molar-refractivity contribution in [3.63, 3.8) is 0 Å². The topological polar surface area (TPSA) is 140 Å². The molecule has 0 spiro atoms. The monoisotopic (exact) mass is 330 g/mol. The van der Waals surface area contributed by atoms with Crippen LogP contribution in [0.5, 0.6) is 0 Å². The Morgan fingerprint density at radius 3 is 1.61 bits per heavy atom. The van der Waals surface area contributed by atoms with Gasteiger partial charge in [0.1, 0.15) is 23.7 Å². The fraction of sp³-hybridized carbons (Fsp3) is 0.714. The third kappa shape index (κ3) is 8.64. The van der Waals surface area contributed by atoms with E-state index in [9.17, 15) is 19.2 Å². The molecule has 0 saturated heterocycles. The van der Waals surface area contributed by atoms with E-state index in [2.05, 4.69) is 16.0 Å². The lowest BCUT2D eigenvalue weighted by atomic mass is 10.2. The molecule has 0 saturated carbocycles. The van der Waals surface area contributed by atoms with E-state index in [1.54, 1.807) is 20.8 Å². The van der Waals surface area contributed by atoms with Gasteiger partial charge in [-0.2, -0.15) is 0 Å². The van der Waals surface area contributed by atoms with Gasteiger partial charge in [-0.15, -0.1) is 0 Å². The number of hydrogen-bond donors (Lipinski definition) is 4. The minimum absolute atomic E-state index is 0.561. The number of alkyl carbamates (subject to hydrolysis) is 1. The van der Waals surface area contributed by atoms with E-state index < -0.39 is 47.5 Å². The van der Waals surface area contributed by atoms with Gasteiger partial charge in [0.15, 0.2) is 0 Å². The second kappa shape index (κ2) is 8.35. The summed E-state index contributed by atoms with van der Waals surface area (Å²) in [5.74, 6) is -1.81. The normalized spacial score (nSPS) is 14.9. The molecular weight excluding hydrogens is 304 g/mol. The van der Waals surface area contributed by atoms with Crippen molar-refractivity contribution >= 4 is 23.8 Å². The molecule has 23 heavy (non-hydrogen) atoms. The second-order valence-electron chi connectivity index (χ2n) is 6.23. The van der Waals surface area contributed by atoms with E-state index in [4.69, 9.17) is 10.5 Å². The summed E-state index contributed by atoms with van der Waals surface area (Å²) in [6, 6.07) is -2.64. The molecule has 4 amide bonds. The van der Waals surface area contributed by atoms with Crippen LogP contribution in [-0.2, 0) is 19.1 Å². The predicted octanol–water partition coefficient (Wildman–Crippen LogP) is -0.606. The van der Waals surface area contributed by atoms with Gasteiger partial charge in [0.2, 0.25) is 17.7 Å². The van der Waals surface area contributed by atoms with Crippen LogP contribution in [0, 0.1) is 0 Å². The summed E-state index contributed by atoms with van der Waals surface area (Å²) >= 11 is 0. The summed E-state index contributed by atoms with van der Waals surface area (Å²) in [7, 11) is 0. The highest BCUT2D eigenvalue weighted by atomic mass is 16.6. The van der Waals surface area contributed by atoms with Crippen molar-refractivity contribution in [1.82, 2.24) is 16.0 Å². The highest BCUT2D eigenvalue weighted by molar-refractivity contribution is 5.93. The smallest absolute Gasteiger partial charge is 0.408 e. The molecule has 3 atom stereocenters. The SMILES string of the molecule is C[C@H](NC(=O)[C@H](C)NC(=O)[C@H](C)NC(=O)OC(C)(C)C)C(N)=O. The van der Waals surface area contributed by atoms with E-state index in [0.29, 0.717) is 0 Å². The van der Waals surface area contributed by atoms with Gasteiger partial charge in [0.05, 0.1) is 0 Å². The first-order valence-electron chi connectivity index (χ1n) is 7.23. The largest absolute Gasteiger partial charge is 0.444 e. The van der Waals surface area contributed by atoms with Crippen molar-refractivity contribution in [3.8, 4) is 0 Å². The van der Waals surface area contributed by atoms with Crippen LogP contribution in [0.15, 0.2) is 0 Å². The van der Waals surface area contributed by atoms with Crippen LogP contribution in [0.1, 0.15) is 41.5 Å². The zero-order valence-electron chi connectivity index (χ0n) is 14.4. The van der Waals surface area contributed by atoms with Gasteiger partial charge in [-0.3, -0.25) is 14.4 Å². The quantitative estimate of drug-likeness (QED) is 0.514. The third-order valence-corrected chi connectivity index (χ3v) is 2.66. The van der Waals surface area contributed by atoms with E-state index in [1.807, 2.05) is 0 Å². The molecule has 9 heteroatoms. The zero-order chi connectivity index (χ0) is 18.4. The lowest BCUT2D eigenvalue weighted by Gasteiger charge is -2.22. The first-order valence-corrected chi connectivity index (χ1v) is 7.23. The number of hydrogen-bond acceptors (Lipinski definition) is 5. The Morgan fingerprint density at radius 2 is 1.22 bits per heavy atom. The lowest BCUT2D eigenvalue weighted by molar-refractivity contribution is -0.131. The average molecular weight is 330 g/mol. The second-order valence-corrected chi connectivity index (χ2v) is 6.23. The zero-order valence-corrected chi connectivity index (χ0v) is 14.4. The molecule has 132 valence electrons. The highest BCUT2D eigenvalue weighted by Gasteiger charge is 2.24. The molecule has 0 fully saturated rings. The summed E-state index contributed by atoms with van der Waals surface area (Å²) in [5.41, 5.74) is 4.35. The van der Waals surface area contributed by atoms with Crippen molar-refractivity contribution in [1.29, 1.82) is 0 Å². The molecule has 0 rings (SSSR count). The number of nitrogens with one attached hydrogen (secondary N) is 3. The number of rotatable bonds is 6. The Morgan fingerprint density at radius 1 is 0.826 bits per heavy atom. The number of nitrogens with two attached hydrogens (primary N) is 1. The van der Waals surface area contributed by atoms with Crippen molar-refractivity contribution in [2.45, 2.75) is 65.3 Å². The fourth-order valence-corrected chi connectivity index (χ4v) is 1.36. The minimum atomic E-state index is -0.896. The van der Waals surface area contributed by atoms with Crippen LogP contribution in [0.4, 0.5) is 4.79 Å². The molecule has 0 aliphatic heterocycles. The van der Waals surface area contributed by atoms with Gasteiger partial charge in [-0.05, 0) is 41.5 Å². The summed E-state index contributed by atoms with van der Waals surface area (Å²) in [5, 5.41) is 7.13. The third-order valence-electron chi connectivity index (χ3n) is 2.66. The Kier molecular flexibility index (Phi) is 7.51. The first kappa shape index (κ1) is 20.7. The summed E-state index contributed by atoms with van der Waals surface area (Å²) in [6.07, 6.45) is -0.736. The molecule has 0 bridgehead atoms. The Bertz CT molecular complexity index is 472. The minimum Gasteiger partial charge on any atom is -0.444 e. The fourth-order valence-electron chi connectivity index (χ4n) is 1.36. The van der Waals surface area contributed by atoms with Gasteiger partial charge < -0.3 is 26.4 Å². The van der Waals surface area contributed by atoms with Crippen LogP contribution < -0.4 is 21.7 Å². The van der Waals surface area contributed by atoms with Gasteiger partial charge in [0, 0.05) is 0 Å². The summed E-state index contributed by atoms with van der Waals surface area (Å²) in [4.78, 5) is 46.2. The van der Waals surface area contributed by atoms with E-state index >= 15 is 0 Å². The van der Waals surface area contributed by atoms with Gasteiger partial charge >= 0.3 is 6.09 Å². The molecule has 0 aromatic rings. The van der Waals surface area contributed by atoms with Crippen molar-refractivity contribution in [2.75, 3.05) is 0 Å². The Labute approximate surface area is 135 Å². The molecule has 0 unspecified atom stereocenters. The Balaban J connectivity index is 4.43. The van der Waals surface area contributed by atoms with Crippen molar-refractivity contribution in [3.05, 3.63) is 0 Å². The van der Waals surface area contributed by atoms with Crippen molar-refractivity contribution < 1.29 is 23.9 Å². The maximum Gasteiger partial charge on any atom is 0.408 e. The number of ether oxygens (including phenoxy) is 1. The summed E-state index contributed by atoms with van der Waals surface area (Å²) < 4.78 is 5.03. The van der Waals surface area contributed by atoms with Gasteiger partial charge in [-0.25, -0.2) is 4.79 Å². The molecule has 0 aliphatic rings. The standard InChI is InChI=1S/C14H26N4O5/c1-7(10(15)19)16-11(20)8(2)17-12(21)9(3)18-13(22)23-14(4,5)6/h7-9H,1-6H3,(H2,15,19)(H,16,20)(H,17,21)(H,18,22)/t7-,8-,9-/m0/s1. The average Bonchev–Trinajstić information content (AvgIpc) is 2.35. The summed E-state index contributed by atoms with van der Waals surface area (Å²) in [6.45, 7) is 9.43. The van der Waals surface area contributed by atoms with E-state index in [1.165, 1.54) is 20.8 Å².